The van der Waals surface area contributed by atoms with Crippen LogP contribution in [0.5, 0.6) is 5.75 Å². The van der Waals surface area contributed by atoms with Crippen LogP contribution in [-0.2, 0) is 21.9 Å². The monoisotopic (exact) mass is 544 g/mol. The summed E-state index contributed by atoms with van der Waals surface area (Å²) < 4.78 is 21.9. The highest BCUT2D eigenvalue weighted by Gasteiger charge is 2.38. The van der Waals surface area contributed by atoms with E-state index in [2.05, 4.69) is 32.0 Å². The molecular weight excluding hydrogens is 503 g/mol. The van der Waals surface area contributed by atoms with Gasteiger partial charge in [0.05, 0.1) is 13.2 Å². The molecule has 3 atom stereocenters. The van der Waals surface area contributed by atoms with E-state index in [9.17, 15) is 9.36 Å². The lowest BCUT2D eigenvalue weighted by atomic mass is 9.82. The largest absolute Gasteiger partial charge is 0.493 e. The van der Waals surface area contributed by atoms with Gasteiger partial charge >= 0.3 is 7.82 Å². The van der Waals surface area contributed by atoms with E-state index in [1.807, 2.05) is 31.3 Å². The molecular formula is C29H41N2O6P. The van der Waals surface area contributed by atoms with E-state index >= 15 is 0 Å². The van der Waals surface area contributed by atoms with Gasteiger partial charge in [-0.3, -0.25) is 9.32 Å². The van der Waals surface area contributed by atoms with E-state index in [4.69, 9.17) is 24.8 Å². The molecule has 0 unspecified atom stereocenters. The van der Waals surface area contributed by atoms with Crippen LogP contribution in [0, 0.1) is 11.8 Å². The molecule has 208 valence electrons. The Morgan fingerprint density at radius 2 is 1.97 bits per heavy atom. The lowest BCUT2D eigenvalue weighted by molar-refractivity contribution is 0.0778. The Balaban J connectivity index is 1.31. The minimum atomic E-state index is -4.52. The van der Waals surface area contributed by atoms with Gasteiger partial charge in [-0.15, -0.1) is 0 Å². The molecule has 0 heterocycles. The summed E-state index contributed by atoms with van der Waals surface area (Å²) in [5.74, 6) is 1.82. The van der Waals surface area contributed by atoms with E-state index in [-0.39, 0.29) is 18.4 Å². The molecule has 0 aromatic heterocycles. The number of ether oxygens (including phenoxy) is 1. The number of nitrogens with two attached hydrogens (primary N) is 1. The van der Waals surface area contributed by atoms with Gasteiger partial charge in [-0.2, -0.15) is 0 Å². The number of hydrogen-bond acceptors (Lipinski definition) is 5. The molecule has 1 saturated carbocycles. The standard InChI is InChI=1S/C29H41N2O6P/c1-20(2)17-31(3)28(32)25-5-4-6-27(15-25)36-18-21-7-8-23-14-24(10-9-22(23)13-21)26-11-12-29(30,16-26)19-37-38(33,34)35/h4-6,9-10,14-15,20-21,26H,7-8,11-13,16-19,30H2,1-3H3,(H2,33,34,35)/t21-,26+,29-/m1/s1. The average molecular weight is 545 g/mol. The number of benzene rings is 2. The first-order chi connectivity index (χ1) is 17.9. The maximum absolute atomic E-state index is 12.7. The molecule has 0 spiro atoms. The maximum atomic E-state index is 12.7. The van der Waals surface area contributed by atoms with Crippen molar-refractivity contribution < 1.29 is 28.4 Å². The molecule has 8 nitrogen and oxygen atoms in total. The van der Waals surface area contributed by atoms with Crippen LogP contribution in [0.3, 0.4) is 0 Å². The Morgan fingerprint density at radius 3 is 2.71 bits per heavy atom. The molecule has 4 N–H and O–H groups in total. The van der Waals surface area contributed by atoms with Crippen LogP contribution in [0.4, 0.5) is 0 Å². The first-order valence-corrected chi connectivity index (χ1v) is 15.0. The predicted octanol–water partition coefficient (Wildman–Crippen LogP) is 4.67. The third kappa shape index (κ3) is 7.67. The number of phosphoric acid groups is 1. The van der Waals surface area contributed by atoms with Crippen molar-refractivity contribution in [2.75, 3.05) is 26.8 Å². The zero-order chi connectivity index (χ0) is 27.5. The number of hydrogen-bond donors (Lipinski definition) is 3. The second kappa shape index (κ2) is 11.9. The molecule has 0 radical (unpaired) electrons. The number of fused-ring (bicyclic) bond motifs is 1. The average Bonchev–Trinajstić information content (AvgIpc) is 3.27. The van der Waals surface area contributed by atoms with E-state index in [1.165, 1.54) is 16.7 Å². The van der Waals surface area contributed by atoms with E-state index < -0.39 is 13.4 Å². The molecule has 38 heavy (non-hydrogen) atoms. The van der Waals surface area contributed by atoms with Crippen molar-refractivity contribution in [3.63, 3.8) is 0 Å². The number of carbonyl (C=O) groups is 1. The van der Waals surface area contributed by atoms with Crippen molar-refractivity contribution in [3.05, 3.63) is 64.7 Å². The fourth-order valence-corrected chi connectivity index (χ4v) is 6.24. The lowest BCUT2D eigenvalue weighted by Crippen LogP contribution is -2.41. The Labute approximate surface area is 225 Å². The second-order valence-corrected chi connectivity index (χ2v) is 12.9. The van der Waals surface area contributed by atoms with Crippen LogP contribution in [0.1, 0.15) is 72.5 Å². The number of rotatable bonds is 10. The van der Waals surface area contributed by atoms with Crippen molar-refractivity contribution in [3.8, 4) is 5.75 Å². The molecule has 0 aliphatic heterocycles. The van der Waals surface area contributed by atoms with E-state index in [0.717, 1.165) is 31.4 Å². The lowest BCUT2D eigenvalue weighted by Gasteiger charge is -2.27. The fraction of sp³-hybridized carbons (Fsp3) is 0.552. The summed E-state index contributed by atoms with van der Waals surface area (Å²) >= 11 is 0. The fourth-order valence-electron chi connectivity index (χ4n) is 5.82. The summed E-state index contributed by atoms with van der Waals surface area (Å²) in [6.45, 7) is 5.39. The SMILES string of the molecule is CC(C)CN(C)C(=O)c1cccc(OC[C@@H]2CCc3cc([C@H]4CC[C@](N)(COP(=O)(O)O)C4)ccc3C2)c1. The second-order valence-electron chi connectivity index (χ2n) is 11.6. The predicted molar refractivity (Wildman–Crippen MR) is 147 cm³/mol. The maximum Gasteiger partial charge on any atom is 0.469 e. The highest BCUT2D eigenvalue weighted by Crippen LogP contribution is 2.44. The van der Waals surface area contributed by atoms with Crippen molar-refractivity contribution >= 4 is 13.7 Å². The number of nitrogens with zero attached hydrogens (tertiary/aromatic N) is 1. The molecule has 1 fully saturated rings. The molecule has 4 rings (SSSR count). The van der Waals surface area contributed by atoms with E-state index in [0.29, 0.717) is 43.4 Å². The van der Waals surface area contributed by atoms with Gasteiger partial charge in [-0.25, -0.2) is 4.57 Å². The van der Waals surface area contributed by atoms with E-state index in [1.54, 1.807) is 4.90 Å². The Hall–Kier alpha value is -2.22. The first kappa shape index (κ1) is 28.8. The Morgan fingerprint density at radius 1 is 1.18 bits per heavy atom. The van der Waals surface area contributed by atoms with Crippen molar-refractivity contribution in [1.29, 1.82) is 0 Å². The molecule has 0 saturated heterocycles. The summed E-state index contributed by atoms with van der Waals surface area (Å²) in [5, 5.41) is 0. The third-order valence-electron chi connectivity index (χ3n) is 7.75. The Bertz CT molecular complexity index is 1180. The number of aryl methyl sites for hydroxylation is 1. The molecule has 2 aromatic carbocycles. The zero-order valence-electron chi connectivity index (χ0n) is 22.6. The van der Waals surface area contributed by atoms with Gasteiger partial charge < -0.3 is 25.2 Å². The van der Waals surface area contributed by atoms with Gasteiger partial charge in [0.1, 0.15) is 5.75 Å². The van der Waals surface area contributed by atoms with Crippen molar-refractivity contribution in [1.82, 2.24) is 4.90 Å². The molecule has 1 amide bonds. The number of carbonyl (C=O) groups excluding carboxylic acids is 1. The van der Waals surface area contributed by atoms with Crippen LogP contribution in [0.15, 0.2) is 42.5 Å². The van der Waals surface area contributed by atoms with Gasteiger partial charge in [-0.05, 0) is 91.2 Å². The van der Waals surface area contributed by atoms with Gasteiger partial charge in [0.15, 0.2) is 0 Å². The van der Waals surface area contributed by atoms with Crippen LogP contribution in [0.2, 0.25) is 0 Å². The summed E-state index contributed by atoms with van der Waals surface area (Å²) in [4.78, 5) is 32.5. The molecule has 0 bridgehead atoms. The normalized spacial score (nSPS) is 23.3. The van der Waals surface area contributed by atoms with Crippen LogP contribution < -0.4 is 10.5 Å². The number of phosphoric ester groups is 1. The van der Waals surface area contributed by atoms with Crippen LogP contribution >= 0.6 is 7.82 Å². The summed E-state index contributed by atoms with van der Waals surface area (Å²) in [6, 6.07) is 14.1. The van der Waals surface area contributed by atoms with Gasteiger partial charge in [0, 0.05) is 24.7 Å². The minimum Gasteiger partial charge on any atom is -0.493 e. The summed E-state index contributed by atoms with van der Waals surface area (Å²) in [6.07, 6.45) is 5.18. The summed E-state index contributed by atoms with van der Waals surface area (Å²) in [7, 11) is -2.69. The first-order valence-electron chi connectivity index (χ1n) is 13.5. The summed E-state index contributed by atoms with van der Waals surface area (Å²) in [5.41, 5.74) is 10.3. The minimum absolute atomic E-state index is 0.00926. The highest BCUT2D eigenvalue weighted by atomic mass is 31.2. The number of amides is 1. The highest BCUT2D eigenvalue weighted by molar-refractivity contribution is 7.46. The molecule has 2 aliphatic rings. The van der Waals surface area contributed by atoms with Crippen molar-refractivity contribution in [2.45, 2.75) is 63.8 Å². The molecule has 2 aliphatic carbocycles. The van der Waals surface area contributed by atoms with Gasteiger partial charge in [0.2, 0.25) is 0 Å². The smallest absolute Gasteiger partial charge is 0.469 e. The Kier molecular flexibility index (Phi) is 9.00. The van der Waals surface area contributed by atoms with Gasteiger partial charge in [-0.1, -0.05) is 38.1 Å². The quantitative estimate of drug-likeness (QED) is 0.372. The third-order valence-corrected chi connectivity index (χ3v) is 8.21. The van der Waals surface area contributed by atoms with Gasteiger partial charge in [0.25, 0.3) is 5.91 Å². The van der Waals surface area contributed by atoms with Crippen LogP contribution in [-0.4, -0.2) is 52.9 Å². The molecule has 2 aromatic rings. The zero-order valence-corrected chi connectivity index (χ0v) is 23.5. The molecule has 9 heteroatoms. The van der Waals surface area contributed by atoms with Crippen LogP contribution in [0.25, 0.3) is 0 Å². The van der Waals surface area contributed by atoms with Crippen molar-refractivity contribution in [2.24, 2.45) is 17.6 Å². The topological polar surface area (TPSA) is 122 Å².